The van der Waals surface area contributed by atoms with E-state index < -0.39 is 0 Å². The maximum absolute atomic E-state index is 8.76. The lowest BCUT2D eigenvalue weighted by molar-refractivity contribution is 0.276. The Labute approximate surface area is 85.8 Å². The van der Waals surface area contributed by atoms with Crippen LogP contribution in [-0.4, -0.2) is 11.7 Å². The molecule has 0 aliphatic heterocycles. The molecule has 0 saturated carbocycles. The third-order valence-electron chi connectivity index (χ3n) is 2.47. The van der Waals surface area contributed by atoms with Crippen molar-refractivity contribution in [3.05, 3.63) is 35.4 Å². The van der Waals surface area contributed by atoms with E-state index in [4.69, 9.17) is 10.8 Å². The fourth-order valence-corrected chi connectivity index (χ4v) is 1.43. The van der Waals surface area contributed by atoms with Crippen LogP contribution >= 0.6 is 0 Å². The van der Waals surface area contributed by atoms with Gasteiger partial charge < -0.3 is 10.8 Å². The lowest BCUT2D eigenvalue weighted by Gasteiger charge is -2.12. The Morgan fingerprint density at radius 2 is 1.64 bits per heavy atom. The molecule has 1 aromatic rings. The van der Waals surface area contributed by atoms with Gasteiger partial charge >= 0.3 is 0 Å². The molecule has 0 aromatic heterocycles. The summed E-state index contributed by atoms with van der Waals surface area (Å²) < 4.78 is 0. The highest BCUT2D eigenvalue weighted by molar-refractivity contribution is 5.26. The van der Waals surface area contributed by atoms with Gasteiger partial charge in [-0.15, -0.1) is 0 Å². The van der Waals surface area contributed by atoms with E-state index in [0.29, 0.717) is 12.3 Å². The fourth-order valence-electron chi connectivity index (χ4n) is 1.43. The first-order valence-corrected chi connectivity index (χ1v) is 5.11. The zero-order valence-electron chi connectivity index (χ0n) is 8.90. The average Bonchev–Trinajstić information content (AvgIpc) is 2.18. The van der Waals surface area contributed by atoms with E-state index in [1.807, 2.05) is 0 Å². The molecule has 0 spiro atoms. The van der Waals surface area contributed by atoms with Crippen LogP contribution in [0.4, 0.5) is 0 Å². The number of aliphatic hydroxyl groups is 1. The van der Waals surface area contributed by atoms with Crippen LogP contribution in [0.3, 0.4) is 0 Å². The van der Waals surface area contributed by atoms with Crippen LogP contribution in [0.25, 0.3) is 0 Å². The Hall–Kier alpha value is -0.860. The van der Waals surface area contributed by atoms with Crippen molar-refractivity contribution in [3.63, 3.8) is 0 Å². The SMILES string of the molecule is CC(C)c1ccc(C(N)CCO)cc1. The van der Waals surface area contributed by atoms with Crippen LogP contribution in [0.1, 0.15) is 43.4 Å². The van der Waals surface area contributed by atoms with Gasteiger partial charge in [-0.1, -0.05) is 38.1 Å². The Balaban J connectivity index is 2.72. The second-order valence-electron chi connectivity index (χ2n) is 3.94. The van der Waals surface area contributed by atoms with Crippen molar-refractivity contribution in [1.82, 2.24) is 0 Å². The van der Waals surface area contributed by atoms with E-state index in [2.05, 4.69) is 38.1 Å². The highest BCUT2D eigenvalue weighted by Gasteiger charge is 2.05. The first-order valence-electron chi connectivity index (χ1n) is 5.11. The van der Waals surface area contributed by atoms with Gasteiger partial charge in [0, 0.05) is 12.6 Å². The minimum atomic E-state index is -0.0405. The van der Waals surface area contributed by atoms with Crippen LogP contribution in [0.15, 0.2) is 24.3 Å². The van der Waals surface area contributed by atoms with E-state index in [1.165, 1.54) is 5.56 Å². The Kier molecular flexibility index (Phi) is 4.11. The Morgan fingerprint density at radius 3 is 2.07 bits per heavy atom. The molecule has 0 radical (unpaired) electrons. The predicted octanol–water partition coefficient (Wildman–Crippen LogP) is 2.19. The summed E-state index contributed by atoms with van der Waals surface area (Å²) in [5.74, 6) is 0.554. The summed E-state index contributed by atoms with van der Waals surface area (Å²) in [6.45, 7) is 4.48. The molecule has 1 rings (SSSR count). The topological polar surface area (TPSA) is 46.2 Å². The van der Waals surface area contributed by atoms with E-state index in [1.54, 1.807) is 0 Å². The van der Waals surface area contributed by atoms with Gasteiger partial charge in [-0.3, -0.25) is 0 Å². The third kappa shape index (κ3) is 2.82. The summed E-state index contributed by atoms with van der Waals surface area (Å²) in [4.78, 5) is 0. The average molecular weight is 193 g/mol. The molecular formula is C12H19NO. The van der Waals surface area contributed by atoms with Gasteiger partial charge in [0.1, 0.15) is 0 Å². The molecule has 0 saturated heterocycles. The van der Waals surface area contributed by atoms with Gasteiger partial charge in [-0.2, -0.15) is 0 Å². The number of benzene rings is 1. The summed E-state index contributed by atoms with van der Waals surface area (Å²) in [6.07, 6.45) is 0.626. The van der Waals surface area contributed by atoms with Crippen molar-refractivity contribution >= 4 is 0 Å². The Bertz CT molecular complexity index is 266. The first kappa shape index (κ1) is 11.2. The molecule has 78 valence electrons. The van der Waals surface area contributed by atoms with E-state index in [9.17, 15) is 0 Å². The quantitative estimate of drug-likeness (QED) is 0.770. The molecule has 0 aliphatic rings. The fraction of sp³-hybridized carbons (Fsp3) is 0.500. The van der Waals surface area contributed by atoms with Gasteiger partial charge in [-0.25, -0.2) is 0 Å². The number of hydrogen-bond acceptors (Lipinski definition) is 2. The number of aliphatic hydroxyl groups excluding tert-OH is 1. The van der Waals surface area contributed by atoms with Crippen LogP contribution in [0.2, 0.25) is 0 Å². The van der Waals surface area contributed by atoms with Crippen LogP contribution in [-0.2, 0) is 0 Å². The molecular weight excluding hydrogens is 174 g/mol. The van der Waals surface area contributed by atoms with Crippen molar-refractivity contribution in [3.8, 4) is 0 Å². The molecule has 1 unspecified atom stereocenters. The van der Waals surface area contributed by atoms with Gasteiger partial charge in [0.2, 0.25) is 0 Å². The highest BCUT2D eigenvalue weighted by Crippen LogP contribution is 2.18. The van der Waals surface area contributed by atoms with Crippen molar-refractivity contribution in [1.29, 1.82) is 0 Å². The molecule has 0 amide bonds. The minimum Gasteiger partial charge on any atom is -0.396 e. The predicted molar refractivity (Wildman–Crippen MR) is 59.2 cm³/mol. The lowest BCUT2D eigenvalue weighted by Crippen LogP contribution is -2.11. The normalized spacial score (nSPS) is 13.2. The third-order valence-corrected chi connectivity index (χ3v) is 2.47. The molecule has 0 fully saturated rings. The number of rotatable bonds is 4. The Morgan fingerprint density at radius 1 is 1.14 bits per heavy atom. The van der Waals surface area contributed by atoms with Crippen molar-refractivity contribution in [2.75, 3.05) is 6.61 Å². The van der Waals surface area contributed by atoms with E-state index in [0.717, 1.165) is 5.56 Å². The molecule has 14 heavy (non-hydrogen) atoms. The highest BCUT2D eigenvalue weighted by atomic mass is 16.3. The van der Waals surface area contributed by atoms with Crippen LogP contribution < -0.4 is 5.73 Å². The molecule has 1 atom stereocenters. The molecule has 2 heteroatoms. The maximum Gasteiger partial charge on any atom is 0.0449 e. The van der Waals surface area contributed by atoms with Gasteiger partial charge in [0.05, 0.1) is 0 Å². The molecule has 3 N–H and O–H groups in total. The second kappa shape index (κ2) is 5.13. The molecule has 0 heterocycles. The zero-order valence-corrected chi connectivity index (χ0v) is 8.90. The van der Waals surface area contributed by atoms with Crippen molar-refractivity contribution in [2.24, 2.45) is 5.73 Å². The van der Waals surface area contributed by atoms with Crippen LogP contribution in [0.5, 0.6) is 0 Å². The van der Waals surface area contributed by atoms with Crippen molar-refractivity contribution in [2.45, 2.75) is 32.2 Å². The number of hydrogen-bond donors (Lipinski definition) is 2. The molecule has 2 nitrogen and oxygen atoms in total. The standard InChI is InChI=1S/C12H19NO/c1-9(2)10-3-5-11(6-4-10)12(13)7-8-14/h3-6,9,12,14H,7-8,13H2,1-2H3. The summed E-state index contributed by atoms with van der Waals surface area (Å²) in [7, 11) is 0. The van der Waals surface area contributed by atoms with Gasteiger partial charge in [-0.05, 0) is 23.5 Å². The summed E-state index contributed by atoms with van der Waals surface area (Å²) >= 11 is 0. The van der Waals surface area contributed by atoms with Crippen LogP contribution in [0, 0.1) is 0 Å². The summed E-state index contributed by atoms with van der Waals surface area (Å²) in [5, 5.41) is 8.76. The summed E-state index contributed by atoms with van der Waals surface area (Å²) in [6, 6.07) is 8.28. The van der Waals surface area contributed by atoms with Gasteiger partial charge in [0.25, 0.3) is 0 Å². The van der Waals surface area contributed by atoms with E-state index >= 15 is 0 Å². The van der Waals surface area contributed by atoms with Crippen molar-refractivity contribution < 1.29 is 5.11 Å². The molecule has 1 aromatic carbocycles. The maximum atomic E-state index is 8.76. The van der Waals surface area contributed by atoms with Gasteiger partial charge in [0.15, 0.2) is 0 Å². The summed E-state index contributed by atoms with van der Waals surface area (Å²) in [5.41, 5.74) is 8.30. The van der Waals surface area contributed by atoms with E-state index in [-0.39, 0.29) is 12.6 Å². The smallest absolute Gasteiger partial charge is 0.0449 e. The zero-order chi connectivity index (χ0) is 10.6. The first-order chi connectivity index (χ1) is 6.65. The number of nitrogens with two attached hydrogens (primary N) is 1. The minimum absolute atomic E-state index is 0.0405. The molecule has 0 aliphatic carbocycles. The lowest BCUT2D eigenvalue weighted by atomic mass is 9.98. The molecule has 0 bridgehead atoms. The second-order valence-corrected chi connectivity index (χ2v) is 3.94. The monoisotopic (exact) mass is 193 g/mol. The largest absolute Gasteiger partial charge is 0.396 e.